The molecule has 0 unspecified atom stereocenters. The quantitative estimate of drug-likeness (QED) is 0.615. The van der Waals surface area contributed by atoms with Gasteiger partial charge in [0.25, 0.3) is 5.69 Å². The van der Waals surface area contributed by atoms with E-state index in [1.807, 2.05) is 19.0 Å². The van der Waals surface area contributed by atoms with E-state index in [1.165, 1.54) is 6.07 Å². The van der Waals surface area contributed by atoms with Crippen molar-refractivity contribution in [2.24, 2.45) is 5.92 Å². The van der Waals surface area contributed by atoms with Crippen LogP contribution in [0.5, 0.6) is 0 Å². The first kappa shape index (κ1) is 17.7. The van der Waals surface area contributed by atoms with Crippen LogP contribution in [-0.4, -0.2) is 48.5 Å². The molecule has 0 spiro atoms. The molecule has 5 nitrogen and oxygen atoms in total. The second-order valence-electron chi connectivity index (χ2n) is 6.25. The van der Waals surface area contributed by atoms with Gasteiger partial charge < -0.3 is 4.90 Å². The van der Waals surface area contributed by atoms with E-state index in [9.17, 15) is 23.3 Å². The van der Waals surface area contributed by atoms with Gasteiger partial charge in [0.1, 0.15) is 0 Å². The molecule has 23 heavy (non-hydrogen) atoms. The number of rotatable bonds is 5. The predicted octanol–water partition coefficient (Wildman–Crippen LogP) is 3.00. The van der Waals surface area contributed by atoms with Crippen LogP contribution >= 0.6 is 0 Å². The van der Waals surface area contributed by atoms with E-state index in [2.05, 4.69) is 4.90 Å². The molecule has 1 atom stereocenters. The van der Waals surface area contributed by atoms with Gasteiger partial charge in [0.15, 0.2) is 0 Å². The number of nitro benzene ring substituents is 1. The molecule has 0 saturated carbocycles. The fraction of sp³-hybridized carbons (Fsp3) is 0.600. The van der Waals surface area contributed by atoms with Crippen LogP contribution in [0, 0.1) is 16.0 Å². The number of non-ortho nitro benzene ring substituents is 1. The zero-order valence-electron chi connectivity index (χ0n) is 13.1. The molecule has 128 valence electrons. The summed E-state index contributed by atoms with van der Waals surface area (Å²) in [6, 6.07) is 2.99. The summed E-state index contributed by atoms with van der Waals surface area (Å²) < 4.78 is 39.5. The molecule has 2 rings (SSSR count). The largest absolute Gasteiger partial charge is 0.416 e. The fourth-order valence-corrected chi connectivity index (χ4v) is 3.04. The molecule has 0 radical (unpaired) electrons. The van der Waals surface area contributed by atoms with E-state index in [1.54, 1.807) is 0 Å². The molecular weight excluding hydrogens is 311 g/mol. The topological polar surface area (TPSA) is 49.6 Å². The van der Waals surface area contributed by atoms with Crippen LogP contribution in [0.15, 0.2) is 18.2 Å². The zero-order chi connectivity index (χ0) is 17.2. The van der Waals surface area contributed by atoms with Gasteiger partial charge in [0, 0.05) is 31.8 Å². The van der Waals surface area contributed by atoms with Crippen molar-refractivity contribution in [2.75, 3.05) is 33.7 Å². The summed E-state index contributed by atoms with van der Waals surface area (Å²) in [5, 5.41) is 10.7. The van der Waals surface area contributed by atoms with Crippen molar-refractivity contribution >= 4 is 5.69 Å². The third kappa shape index (κ3) is 4.65. The summed E-state index contributed by atoms with van der Waals surface area (Å²) >= 11 is 0. The van der Waals surface area contributed by atoms with E-state index < -0.39 is 22.4 Å². The average molecular weight is 331 g/mol. The Kier molecular flexibility index (Phi) is 5.26. The summed E-state index contributed by atoms with van der Waals surface area (Å²) in [6.45, 7) is 2.55. The maximum absolute atomic E-state index is 13.2. The summed E-state index contributed by atoms with van der Waals surface area (Å²) in [4.78, 5) is 13.9. The van der Waals surface area contributed by atoms with Gasteiger partial charge in [-0.2, -0.15) is 13.2 Å². The van der Waals surface area contributed by atoms with E-state index in [-0.39, 0.29) is 12.1 Å². The van der Waals surface area contributed by atoms with Crippen LogP contribution in [0.1, 0.15) is 17.5 Å². The number of alkyl halides is 3. The lowest BCUT2D eigenvalue weighted by Crippen LogP contribution is -2.26. The van der Waals surface area contributed by atoms with Gasteiger partial charge in [0.05, 0.1) is 10.5 Å². The first-order valence-electron chi connectivity index (χ1n) is 7.38. The highest BCUT2D eigenvalue weighted by molar-refractivity contribution is 5.41. The lowest BCUT2D eigenvalue weighted by Gasteiger charge is -2.20. The first-order valence-corrected chi connectivity index (χ1v) is 7.38. The van der Waals surface area contributed by atoms with Gasteiger partial charge in [-0.15, -0.1) is 0 Å². The first-order chi connectivity index (χ1) is 10.7. The molecule has 0 aliphatic carbocycles. The number of hydrogen-bond donors (Lipinski definition) is 0. The Morgan fingerprint density at radius 1 is 1.39 bits per heavy atom. The molecule has 0 aromatic heterocycles. The summed E-state index contributed by atoms with van der Waals surface area (Å²) in [7, 11) is 3.95. The third-order valence-corrected chi connectivity index (χ3v) is 4.00. The van der Waals surface area contributed by atoms with Gasteiger partial charge in [-0.1, -0.05) is 6.07 Å². The number of nitrogens with zero attached hydrogens (tertiary/aromatic N) is 3. The van der Waals surface area contributed by atoms with Crippen LogP contribution in [0.4, 0.5) is 18.9 Å². The molecule has 1 fully saturated rings. The van der Waals surface area contributed by atoms with Crippen LogP contribution in [-0.2, 0) is 12.7 Å². The summed E-state index contributed by atoms with van der Waals surface area (Å²) in [5.41, 5.74) is -1.36. The highest BCUT2D eigenvalue weighted by Gasteiger charge is 2.36. The van der Waals surface area contributed by atoms with Crippen molar-refractivity contribution in [1.82, 2.24) is 9.80 Å². The van der Waals surface area contributed by atoms with Gasteiger partial charge in [-0.05, 0) is 38.5 Å². The minimum Gasteiger partial charge on any atom is -0.309 e. The molecule has 1 aliphatic rings. The van der Waals surface area contributed by atoms with Gasteiger partial charge >= 0.3 is 6.18 Å². The van der Waals surface area contributed by atoms with Crippen molar-refractivity contribution in [3.8, 4) is 0 Å². The normalized spacial score (nSPS) is 19.5. The van der Waals surface area contributed by atoms with Gasteiger partial charge in [-0.25, -0.2) is 0 Å². The lowest BCUT2D eigenvalue weighted by atomic mass is 10.1. The van der Waals surface area contributed by atoms with Crippen molar-refractivity contribution in [3.05, 3.63) is 39.4 Å². The maximum atomic E-state index is 13.2. The average Bonchev–Trinajstić information content (AvgIpc) is 2.84. The Hall–Kier alpha value is -1.67. The number of hydrogen-bond acceptors (Lipinski definition) is 4. The van der Waals surface area contributed by atoms with Crippen molar-refractivity contribution in [1.29, 1.82) is 0 Å². The third-order valence-electron chi connectivity index (χ3n) is 4.00. The molecule has 0 N–H and O–H groups in total. The van der Waals surface area contributed by atoms with E-state index >= 15 is 0 Å². The molecule has 0 bridgehead atoms. The van der Waals surface area contributed by atoms with Crippen LogP contribution in [0.3, 0.4) is 0 Å². The Morgan fingerprint density at radius 3 is 2.65 bits per heavy atom. The monoisotopic (exact) mass is 331 g/mol. The molecule has 8 heteroatoms. The number of halogens is 3. The highest BCUT2D eigenvalue weighted by Crippen LogP contribution is 2.35. The van der Waals surface area contributed by atoms with Crippen molar-refractivity contribution in [2.45, 2.75) is 19.1 Å². The molecule has 0 amide bonds. The molecular formula is C15H20F3N3O2. The smallest absolute Gasteiger partial charge is 0.309 e. The zero-order valence-corrected chi connectivity index (χ0v) is 13.1. The second-order valence-corrected chi connectivity index (χ2v) is 6.25. The van der Waals surface area contributed by atoms with Gasteiger partial charge in [-0.3, -0.25) is 15.0 Å². The predicted molar refractivity (Wildman–Crippen MR) is 80.0 cm³/mol. The van der Waals surface area contributed by atoms with E-state index in [0.717, 1.165) is 32.1 Å². The minimum absolute atomic E-state index is 0.0913. The number of benzene rings is 1. The Labute approximate surface area is 132 Å². The van der Waals surface area contributed by atoms with Crippen molar-refractivity contribution in [3.63, 3.8) is 0 Å². The van der Waals surface area contributed by atoms with Gasteiger partial charge in [0.2, 0.25) is 0 Å². The second kappa shape index (κ2) is 6.84. The summed E-state index contributed by atoms with van der Waals surface area (Å²) in [5.74, 6) is 0.442. The lowest BCUT2D eigenvalue weighted by molar-refractivity contribution is -0.385. The van der Waals surface area contributed by atoms with E-state index in [4.69, 9.17) is 0 Å². The molecule has 1 heterocycles. The van der Waals surface area contributed by atoms with Crippen molar-refractivity contribution < 1.29 is 18.1 Å². The molecule has 1 aromatic rings. The maximum Gasteiger partial charge on any atom is 0.416 e. The standard InChI is InChI=1S/C15H20F3N3O2/c1-19(2)8-11-5-6-20(9-11)10-12-3-4-13(21(22)23)7-14(12)15(16,17)18/h3-4,7,11H,5-6,8-10H2,1-2H3/t11-/m1/s1. The fourth-order valence-electron chi connectivity index (χ4n) is 3.04. The Bertz CT molecular complexity index is 576. The van der Waals surface area contributed by atoms with Crippen LogP contribution in [0.2, 0.25) is 0 Å². The minimum atomic E-state index is -4.59. The Morgan fingerprint density at radius 2 is 2.09 bits per heavy atom. The van der Waals surface area contributed by atoms with Crippen LogP contribution in [0.25, 0.3) is 0 Å². The van der Waals surface area contributed by atoms with Crippen LogP contribution < -0.4 is 0 Å². The number of likely N-dealkylation sites (tertiary alicyclic amines) is 1. The SMILES string of the molecule is CN(C)C[C@H]1CCN(Cc2ccc([N+](=O)[O-])cc2C(F)(F)F)C1. The van der Waals surface area contributed by atoms with E-state index in [0.29, 0.717) is 12.0 Å². The highest BCUT2D eigenvalue weighted by atomic mass is 19.4. The number of nitro groups is 1. The summed E-state index contributed by atoms with van der Waals surface area (Å²) in [6.07, 6.45) is -3.64. The molecule has 1 saturated heterocycles. The Balaban J connectivity index is 2.15. The molecule has 1 aliphatic heterocycles. The molecule has 1 aromatic carbocycles.